The first-order valence-electron chi connectivity index (χ1n) is 8.10. The van der Waals surface area contributed by atoms with Crippen LogP contribution < -0.4 is 5.32 Å². The number of benzene rings is 1. The van der Waals surface area contributed by atoms with Gasteiger partial charge in [0.25, 0.3) is 0 Å². The number of amides is 1. The predicted octanol–water partition coefficient (Wildman–Crippen LogP) is 4.62. The van der Waals surface area contributed by atoms with Crippen molar-refractivity contribution in [3.05, 3.63) is 77.3 Å². The van der Waals surface area contributed by atoms with Crippen LogP contribution in [-0.2, 0) is 11.3 Å². The monoisotopic (exact) mass is 336 g/mol. The van der Waals surface area contributed by atoms with Gasteiger partial charge in [0.05, 0.1) is 16.5 Å². The summed E-state index contributed by atoms with van der Waals surface area (Å²) in [6.07, 6.45) is 2.57. The van der Waals surface area contributed by atoms with E-state index < -0.39 is 0 Å². The molecule has 1 unspecified atom stereocenters. The summed E-state index contributed by atoms with van der Waals surface area (Å²) < 4.78 is 0. The van der Waals surface area contributed by atoms with Gasteiger partial charge in [-0.3, -0.25) is 9.78 Å². The van der Waals surface area contributed by atoms with E-state index in [1.54, 1.807) is 17.5 Å². The minimum atomic E-state index is -0.118. The van der Waals surface area contributed by atoms with Crippen LogP contribution in [0.3, 0.4) is 0 Å². The van der Waals surface area contributed by atoms with E-state index >= 15 is 0 Å². The number of hydrogen-bond acceptors (Lipinski definition) is 3. The lowest BCUT2D eigenvalue weighted by Crippen LogP contribution is -2.29. The third kappa shape index (κ3) is 3.71. The zero-order chi connectivity index (χ0) is 16.8. The lowest BCUT2D eigenvalue weighted by Gasteiger charge is -2.16. The first kappa shape index (κ1) is 16.4. The lowest BCUT2D eigenvalue weighted by atomic mass is 9.95. The van der Waals surface area contributed by atoms with Crippen LogP contribution in [-0.4, -0.2) is 10.9 Å². The van der Waals surface area contributed by atoms with Crippen LogP contribution in [0.15, 0.2) is 66.2 Å². The summed E-state index contributed by atoms with van der Waals surface area (Å²) in [5, 5.41) is 5.11. The SMILES string of the molecule is CCC(C(=O)NCc1cccnc1-c1cccs1)c1ccccc1. The highest BCUT2D eigenvalue weighted by Gasteiger charge is 2.18. The number of nitrogens with zero attached hydrogens (tertiary/aromatic N) is 1. The third-order valence-electron chi connectivity index (χ3n) is 4.03. The number of carbonyl (C=O) groups is 1. The van der Waals surface area contributed by atoms with Crippen molar-refractivity contribution in [2.45, 2.75) is 25.8 Å². The van der Waals surface area contributed by atoms with Crippen molar-refractivity contribution in [2.24, 2.45) is 0 Å². The molecular weight excluding hydrogens is 316 g/mol. The zero-order valence-corrected chi connectivity index (χ0v) is 14.4. The number of pyridine rings is 1. The number of aromatic nitrogens is 1. The van der Waals surface area contributed by atoms with Crippen LogP contribution in [0.25, 0.3) is 10.6 Å². The Kier molecular flexibility index (Phi) is 5.39. The summed E-state index contributed by atoms with van der Waals surface area (Å²) in [5.41, 5.74) is 3.04. The zero-order valence-electron chi connectivity index (χ0n) is 13.6. The number of nitrogens with one attached hydrogen (secondary N) is 1. The van der Waals surface area contributed by atoms with Crippen molar-refractivity contribution in [1.29, 1.82) is 0 Å². The lowest BCUT2D eigenvalue weighted by molar-refractivity contribution is -0.122. The topological polar surface area (TPSA) is 42.0 Å². The summed E-state index contributed by atoms with van der Waals surface area (Å²) in [5.74, 6) is -0.0576. The van der Waals surface area contributed by atoms with Crippen LogP contribution in [0.5, 0.6) is 0 Å². The van der Waals surface area contributed by atoms with Crippen molar-refractivity contribution < 1.29 is 4.79 Å². The molecule has 2 heterocycles. The first-order valence-corrected chi connectivity index (χ1v) is 8.98. The second-order valence-corrected chi connectivity index (χ2v) is 6.53. The van der Waals surface area contributed by atoms with Gasteiger partial charge in [-0.05, 0) is 35.1 Å². The van der Waals surface area contributed by atoms with E-state index in [0.29, 0.717) is 6.54 Å². The molecule has 0 bridgehead atoms. The second kappa shape index (κ2) is 7.88. The minimum absolute atomic E-state index is 0.0599. The van der Waals surface area contributed by atoms with Gasteiger partial charge in [-0.15, -0.1) is 11.3 Å². The molecule has 3 nitrogen and oxygen atoms in total. The third-order valence-corrected chi connectivity index (χ3v) is 4.90. The maximum absolute atomic E-state index is 12.6. The average molecular weight is 336 g/mol. The van der Waals surface area contributed by atoms with E-state index in [9.17, 15) is 4.79 Å². The Labute approximate surface area is 146 Å². The van der Waals surface area contributed by atoms with E-state index in [1.807, 2.05) is 60.8 Å². The highest BCUT2D eigenvalue weighted by Crippen LogP contribution is 2.26. The van der Waals surface area contributed by atoms with Gasteiger partial charge >= 0.3 is 0 Å². The Morgan fingerprint density at radius 2 is 1.96 bits per heavy atom. The average Bonchev–Trinajstić information content (AvgIpc) is 3.16. The Balaban J connectivity index is 1.73. The van der Waals surface area contributed by atoms with E-state index in [0.717, 1.165) is 28.1 Å². The Morgan fingerprint density at radius 1 is 1.12 bits per heavy atom. The van der Waals surface area contributed by atoms with Crippen molar-refractivity contribution in [2.75, 3.05) is 0 Å². The first-order chi connectivity index (χ1) is 11.8. The molecule has 122 valence electrons. The van der Waals surface area contributed by atoms with E-state index in [2.05, 4.69) is 16.4 Å². The minimum Gasteiger partial charge on any atom is -0.351 e. The quantitative estimate of drug-likeness (QED) is 0.713. The standard InChI is InChI=1S/C20H20N2OS/c1-2-17(15-8-4-3-5-9-15)20(23)22-14-16-10-6-12-21-19(16)18-11-7-13-24-18/h3-13,17H,2,14H2,1H3,(H,22,23). The molecule has 0 saturated heterocycles. The predicted molar refractivity (Wildman–Crippen MR) is 98.9 cm³/mol. The fourth-order valence-electron chi connectivity index (χ4n) is 2.78. The van der Waals surface area contributed by atoms with Crippen LogP contribution in [0.2, 0.25) is 0 Å². The molecule has 1 amide bonds. The second-order valence-electron chi connectivity index (χ2n) is 5.58. The van der Waals surface area contributed by atoms with Gasteiger partial charge in [0.2, 0.25) is 5.91 Å². The molecule has 4 heteroatoms. The molecule has 0 radical (unpaired) electrons. The fraction of sp³-hybridized carbons (Fsp3) is 0.200. The molecule has 0 aliphatic heterocycles. The van der Waals surface area contributed by atoms with Crippen molar-refractivity contribution in [1.82, 2.24) is 10.3 Å². The normalized spacial score (nSPS) is 11.9. The molecule has 1 atom stereocenters. The highest BCUT2D eigenvalue weighted by molar-refractivity contribution is 7.13. The fourth-order valence-corrected chi connectivity index (χ4v) is 3.54. The Hall–Kier alpha value is -2.46. The number of carbonyl (C=O) groups excluding carboxylic acids is 1. The van der Waals surface area contributed by atoms with E-state index in [4.69, 9.17) is 0 Å². The van der Waals surface area contributed by atoms with Crippen molar-refractivity contribution in [3.63, 3.8) is 0 Å². The Morgan fingerprint density at radius 3 is 2.67 bits per heavy atom. The van der Waals surface area contributed by atoms with Gasteiger partial charge in [0.1, 0.15) is 0 Å². The van der Waals surface area contributed by atoms with Gasteiger partial charge in [0.15, 0.2) is 0 Å². The summed E-state index contributed by atoms with van der Waals surface area (Å²) in [7, 11) is 0. The summed E-state index contributed by atoms with van der Waals surface area (Å²) >= 11 is 1.66. The van der Waals surface area contributed by atoms with E-state index in [1.165, 1.54) is 0 Å². The van der Waals surface area contributed by atoms with Crippen LogP contribution in [0.1, 0.15) is 30.4 Å². The maximum atomic E-state index is 12.6. The summed E-state index contributed by atoms with van der Waals surface area (Å²) in [4.78, 5) is 18.2. The van der Waals surface area contributed by atoms with Crippen LogP contribution in [0, 0.1) is 0 Å². The molecule has 1 N–H and O–H groups in total. The summed E-state index contributed by atoms with van der Waals surface area (Å²) in [6, 6.07) is 17.9. The number of thiophene rings is 1. The Bertz CT molecular complexity index is 784. The largest absolute Gasteiger partial charge is 0.351 e. The molecule has 0 aliphatic carbocycles. The summed E-state index contributed by atoms with van der Waals surface area (Å²) in [6.45, 7) is 2.53. The molecule has 0 aliphatic rings. The van der Waals surface area contributed by atoms with E-state index in [-0.39, 0.29) is 11.8 Å². The molecule has 3 aromatic rings. The van der Waals surface area contributed by atoms with Crippen molar-refractivity contribution >= 4 is 17.2 Å². The number of hydrogen-bond donors (Lipinski definition) is 1. The van der Waals surface area contributed by atoms with Gasteiger partial charge < -0.3 is 5.32 Å². The highest BCUT2D eigenvalue weighted by atomic mass is 32.1. The molecule has 0 saturated carbocycles. The van der Waals surface area contributed by atoms with Crippen molar-refractivity contribution in [3.8, 4) is 10.6 Å². The molecule has 2 aromatic heterocycles. The maximum Gasteiger partial charge on any atom is 0.227 e. The van der Waals surface area contributed by atoms with Gasteiger partial charge in [-0.2, -0.15) is 0 Å². The molecule has 24 heavy (non-hydrogen) atoms. The van der Waals surface area contributed by atoms with Gasteiger partial charge in [0, 0.05) is 12.7 Å². The van der Waals surface area contributed by atoms with Gasteiger partial charge in [-0.25, -0.2) is 0 Å². The number of rotatable bonds is 6. The molecular formula is C20H20N2OS. The van der Waals surface area contributed by atoms with Crippen LogP contribution in [0.4, 0.5) is 0 Å². The molecule has 0 spiro atoms. The molecule has 1 aromatic carbocycles. The molecule has 3 rings (SSSR count). The molecule has 0 fully saturated rings. The smallest absolute Gasteiger partial charge is 0.227 e. The van der Waals surface area contributed by atoms with Crippen LogP contribution >= 0.6 is 11.3 Å². The van der Waals surface area contributed by atoms with Gasteiger partial charge in [-0.1, -0.05) is 49.4 Å².